The summed E-state index contributed by atoms with van der Waals surface area (Å²) in [5.41, 5.74) is 6.09. The molecule has 0 radical (unpaired) electrons. The number of imidazole rings is 1. The van der Waals surface area contributed by atoms with E-state index in [4.69, 9.17) is 39.9 Å². The summed E-state index contributed by atoms with van der Waals surface area (Å²) in [5.74, 6) is 0.0388. The van der Waals surface area contributed by atoms with Gasteiger partial charge in [0.25, 0.3) is 0 Å². The van der Waals surface area contributed by atoms with E-state index in [1.165, 1.54) is 0 Å². The maximum absolute atomic E-state index is 12.8. The van der Waals surface area contributed by atoms with Gasteiger partial charge in [0.1, 0.15) is 0 Å². The molecule has 2 aromatic carbocycles. The van der Waals surface area contributed by atoms with E-state index in [0.29, 0.717) is 53.2 Å². The molecule has 1 saturated heterocycles. The number of piperidine rings is 1. The second-order valence-corrected chi connectivity index (χ2v) is 12.6. The topological polar surface area (TPSA) is 99.4 Å². The highest BCUT2D eigenvalue weighted by Crippen LogP contribution is 2.33. The van der Waals surface area contributed by atoms with Crippen molar-refractivity contribution in [3.8, 4) is 11.3 Å². The van der Waals surface area contributed by atoms with Crippen molar-refractivity contribution < 1.29 is 9.90 Å². The van der Waals surface area contributed by atoms with Crippen LogP contribution >= 0.6 is 34.8 Å². The Labute approximate surface area is 258 Å². The number of aromatic amines is 1. The Bertz CT molecular complexity index is 1720. The van der Waals surface area contributed by atoms with E-state index in [-0.39, 0.29) is 17.6 Å². The number of rotatable bonds is 6. The van der Waals surface area contributed by atoms with E-state index in [1.54, 1.807) is 23.6 Å². The summed E-state index contributed by atoms with van der Waals surface area (Å²) in [7, 11) is 0. The number of aryl methyl sites for hydroxylation is 1. The van der Waals surface area contributed by atoms with Crippen LogP contribution in [-0.2, 0) is 24.3 Å². The zero-order chi connectivity index (χ0) is 29.7. The zero-order valence-corrected chi connectivity index (χ0v) is 25.8. The SMILES string of the molecule is CC(=O)N1CCc2c(c(-c3ccc(Cl)c(C)c3)nn2CC(O)CN2CCC(n3c(=O)[nH]c4cc(Cl)c(Cl)cc43)CC2)C1. The Hall–Kier alpha value is -2.82. The Balaban J connectivity index is 1.16. The minimum atomic E-state index is -0.632. The summed E-state index contributed by atoms with van der Waals surface area (Å²) in [5, 5.41) is 17.7. The Kier molecular flexibility index (Phi) is 8.15. The average Bonchev–Trinajstić information content (AvgIpc) is 3.46. The molecule has 1 fully saturated rings. The number of likely N-dealkylation sites (tertiary alicyclic amines) is 1. The molecule has 222 valence electrons. The molecule has 12 heteroatoms. The van der Waals surface area contributed by atoms with Gasteiger partial charge in [-0.05, 0) is 49.6 Å². The molecular weight excluding hydrogens is 599 g/mol. The molecular formula is C30H33Cl3N6O3. The lowest BCUT2D eigenvalue weighted by Gasteiger charge is -2.33. The number of aliphatic hydroxyl groups excluding tert-OH is 1. The zero-order valence-electron chi connectivity index (χ0n) is 23.5. The maximum atomic E-state index is 12.8. The van der Waals surface area contributed by atoms with Crippen molar-refractivity contribution in [1.82, 2.24) is 29.1 Å². The number of carbonyl (C=O) groups is 1. The van der Waals surface area contributed by atoms with Crippen molar-refractivity contribution in [2.24, 2.45) is 0 Å². The number of hydrogen-bond donors (Lipinski definition) is 2. The number of fused-ring (bicyclic) bond motifs is 2. The number of aliphatic hydroxyl groups is 1. The molecule has 6 rings (SSSR count). The molecule has 42 heavy (non-hydrogen) atoms. The molecule has 2 aliphatic rings. The molecule has 2 N–H and O–H groups in total. The molecule has 2 aromatic heterocycles. The first-order valence-electron chi connectivity index (χ1n) is 14.2. The normalized spacial score (nSPS) is 17.1. The van der Waals surface area contributed by atoms with E-state index < -0.39 is 6.10 Å². The predicted octanol–water partition coefficient (Wildman–Crippen LogP) is 5.06. The van der Waals surface area contributed by atoms with E-state index in [0.717, 1.165) is 59.5 Å². The second kappa shape index (κ2) is 11.7. The first kappa shape index (κ1) is 29.3. The number of nitrogens with zero attached hydrogens (tertiary/aromatic N) is 5. The number of carbonyl (C=O) groups excluding carboxylic acids is 1. The standard InChI is InChI=1S/C30H33Cl3N6O3/c1-17-11-19(3-4-23(17)31)29-22-16-37(18(2)40)10-7-27(22)38(35-29)15-21(41)14-36-8-5-20(6-9-36)39-28-13-25(33)24(32)12-26(28)34-30(39)42/h3-4,11-13,20-21,41H,5-10,14-16H2,1-2H3,(H,34,42). The van der Waals surface area contributed by atoms with Gasteiger partial charge in [0.2, 0.25) is 5.91 Å². The van der Waals surface area contributed by atoms with Crippen LogP contribution in [0.1, 0.15) is 42.6 Å². The van der Waals surface area contributed by atoms with Gasteiger partial charge in [-0.25, -0.2) is 4.79 Å². The minimum Gasteiger partial charge on any atom is -0.390 e. The Morgan fingerprint density at radius 3 is 2.52 bits per heavy atom. The molecule has 2 aliphatic heterocycles. The van der Waals surface area contributed by atoms with Crippen molar-refractivity contribution in [1.29, 1.82) is 0 Å². The van der Waals surface area contributed by atoms with Crippen LogP contribution in [0.5, 0.6) is 0 Å². The summed E-state index contributed by atoms with van der Waals surface area (Å²) in [6, 6.07) is 9.31. The van der Waals surface area contributed by atoms with Crippen LogP contribution in [0.2, 0.25) is 15.1 Å². The van der Waals surface area contributed by atoms with Gasteiger partial charge in [0.15, 0.2) is 0 Å². The molecule has 0 spiro atoms. The van der Waals surface area contributed by atoms with Gasteiger partial charge < -0.3 is 19.9 Å². The van der Waals surface area contributed by atoms with Crippen molar-refractivity contribution in [2.45, 2.75) is 58.3 Å². The number of nitrogens with one attached hydrogen (secondary N) is 1. The van der Waals surface area contributed by atoms with Crippen molar-refractivity contribution in [3.05, 3.63) is 72.7 Å². The number of aromatic nitrogens is 4. The second-order valence-electron chi connectivity index (χ2n) is 11.4. The Morgan fingerprint density at radius 2 is 1.81 bits per heavy atom. The molecule has 1 unspecified atom stereocenters. The monoisotopic (exact) mass is 630 g/mol. The third kappa shape index (κ3) is 5.61. The van der Waals surface area contributed by atoms with Gasteiger partial charge in [-0.3, -0.25) is 14.0 Å². The lowest BCUT2D eigenvalue weighted by atomic mass is 9.99. The number of benzene rings is 2. The lowest BCUT2D eigenvalue weighted by Crippen LogP contribution is -2.42. The van der Waals surface area contributed by atoms with Crippen LogP contribution in [0.3, 0.4) is 0 Å². The van der Waals surface area contributed by atoms with Gasteiger partial charge in [0.05, 0.1) is 39.4 Å². The molecule has 1 atom stereocenters. The van der Waals surface area contributed by atoms with Crippen molar-refractivity contribution in [3.63, 3.8) is 0 Å². The smallest absolute Gasteiger partial charge is 0.326 e. The highest BCUT2D eigenvalue weighted by atomic mass is 35.5. The molecule has 0 aliphatic carbocycles. The number of H-pyrrole nitrogens is 1. The summed E-state index contributed by atoms with van der Waals surface area (Å²) < 4.78 is 3.70. The molecule has 0 bridgehead atoms. The molecule has 4 aromatic rings. The van der Waals surface area contributed by atoms with Gasteiger partial charge in [-0.1, -0.05) is 40.9 Å². The van der Waals surface area contributed by atoms with E-state index >= 15 is 0 Å². The summed E-state index contributed by atoms with van der Waals surface area (Å²) >= 11 is 18.7. The number of β-amino-alcohol motifs (C(OH)–C–C–N with tert-alkyl or cyclic N) is 1. The van der Waals surface area contributed by atoms with Crippen molar-refractivity contribution in [2.75, 3.05) is 26.2 Å². The fourth-order valence-corrected chi connectivity index (χ4v) is 6.77. The third-order valence-electron chi connectivity index (χ3n) is 8.54. The lowest BCUT2D eigenvalue weighted by molar-refractivity contribution is -0.129. The highest BCUT2D eigenvalue weighted by Gasteiger charge is 2.29. The van der Waals surface area contributed by atoms with Crippen LogP contribution in [-0.4, -0.2) is 72.4 Å². The molecule has 0 saturated carbocycles. The van der Waals surface area contributed by atoms with Crippen LogP contribution in [0.4, 0.5) is 0 Å². The van der Waals surface area contributed by atoms with Crippen LogP contribution in [0.25, 0.3) is 22.3 Å². The van der Waals surface area contributed by atoms with Crippen LogP contribution in [0.15, 0.2) is 35.1 Å². The number of hydrogen-bond acceptors (Lipinski definition) is 5. The number of amides is 1. The summed E-state index contributed by atoms with van der Waals surface area (Å²) in [4.78, 5) is 31.9. The van der Waals surface area contributed by atoms with E-state index in [2.05, 4.69) is 9.88 Å². The molecule has 9 nitrogen and oxygen atoms in total. The van der Waals surface area contributed by atoms with E-state index in [9.17, 15) is 14.7 Å². The molecule has 1 amide bonds. The average molecular weight is 632 g/mol. The molecule has 4 heterocycles. The van der Waals surface area contributed by atoms with Gasteiger partial charge in [-0.15, -0.1) is 0 Å². The fraction of sp³-hybridized carbons (Fsp3) is 0.433. The summed E-state index contributed by atoms with van der Waals surface area (Å²) in [6.07, 6.45) is 1.60. The number of halogens is 3. The van der Waals surface area contributed by atoms with Gasteiger partial charge in [0, 0.05) is 74.0 Å². The van der Waals surface area contributed by atoms with Gasteiger partial charge >= 0.3 is 5.69 Å². The van der Waals surface area contributed by atoms with Crippen LogP contribution in [0, 0.1) is 6.92 Å². The first-order valence-corrected chi connectivity index (χ1v) is 15.3. The van der Waals surface area contributed by atoms with E-state index in [1.807, 2.05) is 34.7 Å². The largest absolute Gasteiger partial charge is 0.390 e. The quantitative estimate of drug-likeness (QED) is 0.310. The van der Waals surface area contributed by atoms with Crippen LogP contribution < -0.4 is 5.69 Å². The third-order valence-corrected chi connectivity index (χ3v) is 9.69. The Morgan fingerprint density at radius 1 is 1.07 bits per heavy atom. The predicted molar refractivity (Wildman–Crippen MR) is 166 cm³/mol. The first-order chi connectivity index (χ1) is 20.1. The van der Waals surface area contributed by atoms with Gasteiger partial charge in [-0.2, -0.15) is 5.10 Å². The fourth-order valence-electron chi connectivity index (χ4n) is 6.33. The highest BCUT2D eigenvalue weighted by molar-refractivity contribution is 6.42. The summed E-state index contributed by atoms with van der Waals surface area (Å²) in [6.45, 7) is 7.04. The minimum absolute atomic E-state index is 0.0321. The maximum Gasteiger partial charge on any atom is 0.326 e. The van der Waals surface area contributed by atoms with Crippen molar-refractivity contribution >= 4 is 51.7 Å².